The van der Waals surface area contributed by atoms with Gasteiger partial charge < -0.3 is 14.7 Å². The van der Waals surface area contributed by atoms with Crippen LogP contribution in [0.2, 0.25) is 0 Å². The molecule has 19 heavy (non-hydrogen) atoms. The maximum Gasteiger partial charge on any atom is 0.323 e. The van der Waals surface area contributed by atoms with Crippen LogP contribution in [0.4, 0.5) is 0 Å². The molecule has 0 saturated heterocycles. The summed E-state index contributed by atoms with van der Waals surface area (Å²) >= 11 is 0. The topological polar surface area (TPSA) is 66.8 Å². The van der Waals surface area contributed by atoms with Gasteiger partial charge in [-0.05, 0) is 38.0 Å². The number of nitrogens with zero attached hydrogens (tertiary/aromatic N) is 1. The van der Waals surface area contributed by atoms with E-state index in [0.29, 0.717) is 17.9 Å². The van der Waals surface area contributed by atoms with Crippen molar-refractivity contribution in [3.8, 4) is 5.75 Å². The third kappa shape index (κ3) is 3.47. The van der Waals surface area contributed by atoms with Crippen LogP contribution in [0.3, 0.4) is 0 Å². The number of carbonyl (C=O) groups excluding carboxylic acids is 1. The largest absolute Gasteiger partial charge is 0.494 e. The minimum Gasteiger partial charge on any atom is -0.494 e. The highest BCUT2D eigenvalue weighted by Gasteiger charge is 2.34. The number of carboxylic acid groups (broad SMARTS) is 1. The smallest absolute Gasteiger partial charge is 0.323 e. The first-order chi connectivity index (χ1) is 9.11. The first-order valence-electron chi connectivity index (χ1n) is 6.37. The molecule has 1 aromatic rings. The Balaban J connectivity index is 2.16. The Bertz CT molecular complexity index is 482. The highest BCUT2D eigenvalue weighted by Crippen LogP contribution is 2.28. The molecule has 0 aromatic heterocycles. The van der Waals surface area contributed by atoms with Crippen LogP contribution in [0.5, 0.6) is 5.75 Å². The lowest BCUT2D eigenvalue weighted by atomic mass is 10.2. The fourth-order valence-corrected chi connectivity index (χ4v) is 1.95. The molecular weight excluding hydrogens is 246 g/mol. The van der Waals surface area contributed by atoms with Crippen LogP contribution < -0.4 is 4.74 Å². The number of benzene rings is 1. The molecule has 102 valence electrons. The molecule has 1 amide bonds. The molecule has 5 nitrogen and oxygen atoms in total. The molecule has 1 aromatic carbocycles. The van der Waals surface area contributed by atoms with Crippen LogP contribution >= 0.6 is 0 Å². The van der Waals surface area contributed by atoms with Gasteiger partial charge in [0.25, 0.3) is 5.91 Å². The van der Waals surface area contributed by atoms with Gasteiger partial charge in [0.1, 0.15) is 12.3 Å². The van der Waals surface area contributed by atoms with Crippen LogP contribution in [0.15, 0.2) is 24.3 Å². The van der Waals surface area contributed by atoms with E-state index >= 15 is 0 Å². The minimum atomic E-state index is -0.985. The van der Waals surface area contributed by atoms with E-state index in [9.17, 15) is 9.59 Å². The van der Waals surface area contributed by atoms with E-state index in [0.717, 1.165) is 12.8 Å². The number of rotatable bonds is 6. The van der Waals surface area contributed by atoms with E-state index in [4.69, 9.17) is 9.84 Å². The van der Waals surface area contributed by atoms with Crippen LogP contribution in [0.1, 0.15) is 30.1 Å². The first-order valence-corrected chi connectivity index (χ1v) is 6.37. The second kappa shape index (κ2) is 5.73. The second-order valence-corrected chi connectivity index (χ2v) is 4.52. The highest BCUT2D eigenvalue weighted by atomic mass is 16.5. The van der Waals surface area contributed by atoms with Gasteiger partial charge in [0.05, 0.1) is 6.61 Å². The summed E-state index contributed by atoms with van der Waals surface area (Å²) in [6, 6.07) is 6.92. The SMILES string of the molecule is CCOc1cccc(C(=O)N(CC(=O)O)C2CC2)c1. The molecule has 0 atom stereocenters. The summed E-state index contributed by atoms with van der Waals surface area (Å²) < 4.78 is 5.35. The number of carboxylic acids is 1. The number of aliphatic carboxylic acids is 1. The molecule has 1 saturated carbocycles. The lowest BCUT2D eigenvalue weighted by Crippen LogP contribution is -2.37. The second-order valence-electron chi connectivity index (χ2n) is 4.52. The Kier molecular flexibility index (Phi) is 4.04. The summed E-state index contributed by atoms with van der Waals surface area (Å²) in [4.78, 5) is 24.6. The van der Waals surface area contributed by atoms with Gasteiger partial charge in [-0.25, -0.2) is 0 Å². The van der Waals surface area contributed by atoms with Crippen molar-refractivity contribution < 1.29 is 19.4 Å². The Labute approximate surface area is 111 Å². The van der Waals surface area contributed by atoms with Gasteiger partial charge in [-0.2, -0.15) is 0 Å². The van der Waals surface area contributed by atoms with Crippen LogP contribution in [0, 0.1) is 0 Å². The van der Waals surface area contributed by atoms with Crippen molar-refractivity contribution >= 4 is 11.9 Å². The highest BCUT2D eigenvalue weighted by molar-refractivity contribution is 5.96. The van der Waals surface area contributed by atoms with E-state index in [1.807, 2.05) is 6.92 Å². The maximum atomic E-state index is 12.3. The molecule has 0 radical (unpaired) electrons. The molecule has 0 heterocycles. The van der Waals surface area contributed by atoms with Crippen LogP contribution in [-0.4, -0.2) is 41.1 Å². The zero-order valence-corrected chi connectivity index (χ0v) is 10.8. The molecule has 1 N–H and O–H groups in total. The molecule has 1 fully saturated rings. The van der Waals surface area contributed by atoms with Gasteiger partial charge in [-0.1, -0.05) is 6.07 Å². The molecule has 5 heteroatoms. The van der Waals surface area contributed by atoms with E-state index in [-0.39, 0.29) is 18.5 Å². The van der Waals surface area contributed by atoms with Gasteiger partial charge in [0, 0.05) is 11.6 Å². The molecule has 0 unspecified atom stereocenters. The Morgan fingerprint density at radius 2 is 2.16 bits per heavy atom. The number of hydrogen-bond donors (Lipinski definition) is 1. The molecular formula is C14H17NO4. The Morgan fingerprint density at radius 3 is 2.74 bits per heavy atom. The number of ether oxygens (including phenoxy) is 1. The molecule has 2 rings (SSSR count). The predicted molar refractivity (Wildman–Crippen MR) is 69.3 cm³/mol. The normalized spacial score (nSPS) is 13.9. The summed E-state index contributed by atoms with van der Waals surface area (Å²) in [6.45, 7) is 2.15. The van der Waals surface area contributed by atoms with Crippen LogP contribution in [-0.2, 0) is 4.79 Å². The number of amides is 1. The van der Waals surface area contributed by atoms with Gasteiger partial charge in [-0.3, -0.25) is 9.59 Å². The zero-order chi connectivity index (χ0) is 13.8. The van der Waals surface area contributed by atoms with Gasteiger partial charge in [0.15, 0.2) is 0 Å². The third-order valence-electron chi connectivity index (χ3n) is 2.95. The van der Waals surface area contributed by atoms with Crippen molar-refractivity contribution in [2.45, 2.75) is 25.8 Å². The zero-order valence-electron chi connectivity index (χ0n) is 10.8. The standard InChI is InChI=1S/C14H17NO4/c1-2-19-12-5-3-4-10(8-12)14(18)15(9-13(16)17)11-6-7-11/h3-5,8,11H,2,6-7,9H2,1H3,(H,16,17). The van der Waals surface area contributed by atoms with E-state index in [1.54, 1.807) is 24.3 Å². The van der Waals surface area contributed by atoms with Crippen molar-refractivity contribution in [1.82, 2.24) is 4.90 Å². The lowest BCUT2D eigenvalue weighted by molar-refractivity contribution is -0.137. The average Bonchev–Trinajstić information content (AvgIpc) is 3.20. The maximum absolute atomic E-state index is 12.3. The van der Waals surface area contributed by atoms with E-state index < -0.39 is 5.97 Å². The Morgan fingerprint density at radius 1 is 1.42 bits per heavy atom. The van der Waals surface area contributed by atoms with Gasteiger partial charge in [-0.15, -0.1) is 0 Å². The van der Waals surface area contributed by atoms with Crippen molar-refractivity contribution in [3.63, 3.8) is 0 Å². The van der Waals surface area contributed by atoms with E-state index in [1.165, 1.54) is 4.90 Å². The quantitative estimate of drug-likeness (QED) is 0.849. The summed E-state index contributed by atoms with van der Waals surface area (Å²) in [7, 11) is 0. The lowest BCUT2D eigenvalue weighted by Gasteiger charge is -2.20. The fraction of sp³-hybridized carbons (Fsp3) is 0.429. The summed E-state index contributed by atoms with van der Waals surface area (Å²) in [6.07, 6.45) is 1.76. The van der Waals surface area contributed by atoms with Gasteiger partial charge in [0.2, 0.25) is 0 Å². The van der Waals surface area contributed by atoms with Gasteiger partial charge >= 0.3 is 5.97 Å². The predicted octanol–water partition coefficient (Wildman–Crippen LogP) is 1.77. The summed E-state index contributed by atoms with van der Waals surface area (Å²) in [5.74, 6) is -0.605. The van der Waals surface area contributed by atoms with Crippen molar-refractivity contribution in [1.29, 1.82) is 0 Å². The van der Waals surface area contributed by atoms with Crippen molar-refractivity contribution in [2.75, 3.05) is 13.2 Å². The first kappa shape index (κ1) is 13.4. The fourth-order valence-electron chi connectivity index (χ4n) is 1.95. The molecule has 0 spiro atoms. The third-order valence-corrected chi connectivity index (χ3v) is 2.95. The molecule has 1 aliphatic carbocycles. The van der Waals surface area contributed by atoms with Crippen molar-refractivity contribution in [3.05, 3.63) is 29.8 Å². The number of hydrogen-bond acceptors (Lipinski definition) is 3. The van der Waals surface area contributed by atoms with Crippen LogP contribution in [0.25, 0.3) is 0 Å². The molecule has 1 aliphatic rings. The number of carbonyl (C=O) groups is 2. The summed E-state index contributed by atoms with van der Waals surface area (Å²) in [5, 5.41) is 8.88. The average molecular weight is 263 g/mol. The van der Waals surface area contributed by atoms with E-state index in [2.05, 4.69) is 0 Å². The summed E-state index contributed by atoms with van der Waals surface area (Å²) in [5.41, 5.74) is 0.471. The monoisotopic (exact) mass is 263 g/mol. The Hall–Kier alpha value is -2.04. The molecule has 0 aliphatic heterocycles. The van der Waals surface area contributed by atoms with Crippen molar-refractivity contribution in [2.24, 2.45) is 0 Å². The molecule has 0 bridgehead atoms. The minimum absolute atomic E-state index is 0.0688.